The molecule has 1 atom stereocenters. The molecule has 5 nitrogen and oxygen atoms in total. The molecule has 0 spiro atoms. The van der Waals surface area contributed by atoms with Crippen LogP contribution in [0.4, 0.5) is 4.79 Å². The van der Waals surface area contributed by atoms with Crippen molar-refractivity contribution in [2.45, 2.75) is 18.9 Å². The van der Waals surface area contributed by atoms with E-state index in [1.807, 2.05) is 42.5 Å². The first-order chi connectivity index (χ1) is 17.0. The summed E-state index contributed by atoms with van der Waals surface area (Å²) in [6.45, 7) is 1.05. The van der Waals surface area contributed by atoms with Crippen LogP contribution in [0.15, 0.2) is 66.7 Å². The maximum Gasteiger partial charge on any atom is 0.416 e. The van der Waals surface area contributed by atoms with E-state index >= 15 is 0 Å². The number of carbonyl (C=O) groups is 1. The monoisotopic (exact) mass is 528 g/mol. The molecule has 180 valence electrons. The van der Waals surface area contributed by atoms with Gasteiger partial charge in [-0.05, 0) is 78.6 Å². The molecule has 2 heterocycles. The van der Waals surface area contributed by atoms with Gasteiger partial charge < -0.3 is 14.5 Å². The van der Waals surface area contributed by atoms with Crippen molar-refractivity contribution in [2.24, 2.45) is 0 Å². The molecule has 0 fully saturated rings. The van der Waals surface area contributed by atoms with Gasteiger partial charge in [-0.3, -0.25) is 4.90 Å². The van der Waals surface area contributed by atoms with E-state index in [9.17, 15) is 4.79 Å². The van der Waals surface area contributed by atoms with Crippen molar-refractivity contribution in [1.82, 2.24) is 9.88 Å². The highest BCUT2D eigenvalue weighted by Crippen LogP contribution is 2.40. The summed E-state index contributed by atoms with van der Waals surface area (Å²) in [5.74, 6) is 1.75. The third-order valence-electron chi connectivity index (χ3n) is 6.08. The maximum atomic E-state index is 13.4. The fourth-order valence-corrected chi connectivity index (χ4v) is 4.86. The predicted molar refractivity (Wildman–Crippen MR) is 140 cm³/mol. The van der Waals surface area contributed by atoms with Crippen LogP contribution in [0.3, 0.4) is 0 Å². The number of halogens is 3. The van der Waals surface area contributed by atoms with Crippen molar-refractivity contribution in [1.29, 1.82) is 0 Å². The number of hydrogen-bond acceptors (Lipinski definition) is 3. The summed E-state index contributed by atoms with van der Waals surface area (Å²) < 4.78 is 11.5. The molecule has 1 aliphatic heterocycles. The van der Waals surface area contributed by atoms with E-state index in [2.05, 4.69) is 4.98 Å². The summed E-state index contributed by atoms with van der Waals surface area (Å²) in [6, 6.07) is 20.0. The van der Waals surface area contributed by atoms with E-state index in [0.29, 0.717) is 41.2 Å². The molecule has 35 heavy (non-hydrogen) atoms. The zero-order chi connectivity index (χ0) is 24.4. The van der Waals surface area contributed by atoms with E-state index in [0.717, 1.165) is 39.9 Å². The summed E-state index contributed by atoms with van der Waals surface area (Å²) in [5, 5.41) is 2.33. The number of fused-ring (bicyclic) bond motifs is 3. The van der Waals surface area contributed by atoms with Crippen molar-refractivity contribution >= 4 is 51.8 Å². The number of alkyl halides is 1. The normalized spacial score (nSPS) is 15.2. The summed E-state index contributed by atoms with van der Waals surface area (Å²) in [5.41, 5.74) is 4.04. The van der Waals surface area contributed by atoms with Crippen LogP contribution in [0.2, 0.25) is 10.0 Å². The largest absolute Gasteiger partial charge is 0.494 e. The lowest BCUT2D eigenvalue weighted by Gasteiger charge is -2.35. The van der Waals surface area contributed by atoms with Gasteiger partial charge in [0.25, 0.3) is 0 Å². The standard InChI is InChI=1S/C27H23Cl3N2O3/c28-13-1-15-34-20-7-2-17(3-8-20)26-25-22(23-16-19(30)6-11-24(23)31-25)12-14-32(26)27(33)35-21-9-4-18(29)5-10-21/h2-11,16,26,31H,1,12-15H2. The first-order valence-electron chi connectivity index (χ1n) is 11.4. The van der Waals surface area contributed by atoms with Crippen LogP contribution >= 0.6 is 34.8 Å². The predicted octanol–water partition coefficient (Wildman–Crippen LogP) is 7.63. The van der Waals surface area contributed by atoms with Crippen molar-refractivity contribution < 1.29 is 14.3 Å². The smallest absolute Gasteiger partial charge is 0.416 e. The molecule has 3 aromatic carbocycles. The average Bonchev–Trinajstić information content (AvgIpc) is 3.23. The van der Waals surface area contributed by atoms with Crippen LogP contribution in [-0.4, -0.2) is 35.0 Å². The number of benzene rings is 3. The lowest BCUT2D eigenvalue weighted by atomic mass is 9.92. The van der Waals surface area contributed by atoms with Gasteiger partial charge in [0.1, 0.15) is 17.5 Å². The second kappa shape index (κ2) is 10.4. The molecule has 1 N–H and O–H groups in total. The van der Waals surface area contributed by atoms with Gasteiger partial charge in [0.2, 0.25) is 0 Å². The number of nitrogens with one attached hydrogen (secondary N) is 1. The lowest BCUT2D eigenvalue weighted by Crippen LogP contribution is -2.42. The van der Waals surface area contributed by atoms with Gasteiger partial charge >= 0.3 is 6.09 Å². The van der Waals surface area contributed by atoms with Crippen LogP contribution in [-0.2, 0) is 6.42 Å². The molecule has 0 saturated heterocycles. The zero-order valence-electron chi connectivity index (χ0n) is 18.8. The Hall–Kier alpha value is -2.86. The Labute approximate surface area is 218 Å². The maximum absolute atomic E-state index is 13.4. The number of nitrogens with zero attached hydrogens (tertiary/aromatic N) is 1. The number of carbonyl (C=O) groups excluding carboxylic acids is 1. The molecule has 0 aliphatic carbocycles. The first kappa shape index (κ1) is 23.9. The van der Waals surface area contributed by atoms with Crippen molar-refractivity contribution in [3.05, 3.63) is 93.6 Å². The Morgan fingerprint density at radius 1 is 0.971 bits per heavy atom. The van der Waals surface area contributed by atoms with Gasteiger partial charge in [-0.15, -0.1) is 11.6 Å². The van der Waals surface area contributed by atoms with Gasteiger partial charge in [-0.1, -0.05) is 35.3 Å². The summed E-state index contributed by atoms with van der Waals surface area (Å²) in [7, 11) is 0. The van der Waals surface area contributed by atoms with Crippen LogP contribution < -0.4 is 9.47 Å². The molecule has 1 unspecified atom stereocenters. The third kappa shape index (κ3) is 5.08. The van der Waals surface area contributed by atoms with Gasteiger partial charge in [0, 0.05) is 39.1 Å². The molecule has 0 radical (unpaired) electrons. The fourth-order valence-electron chi connectivity index (χ4n) is 4.46. The number of ether oxygens (including phenoxy) is 2. The molecule has 4 aromatic rings. The minimum Gasteiger partial charge on any atom is -0.494 e. The molecule has 5 rings (SSSR count). The molecule has 8 heteroatoms. The van der Waals surface area contributed by atoms with E-state index in [1.165, 1.54) is 0 Å². The molecule has 1 aliphatic rings. The summed E-state index contributed by atoms with van der Waals surface area (Å²) in [6.07, 6.45) is 1.03. The van der Waals surface area contributed by atoms with E-state index in [-0.39, 0.29) is 6.04 Å². The highest BCUT2D eigenvalue weighted by atomic mass is 35.5. The Bertz CT molecular complexity index is 1340. The molecular weight excluding hydrogens is 507 g/mol. The van der Waals surface area contributed by atoms with Gasteiger partial charge in [-0.2, -0.15) is 0 Å². The Morgan fingerprint density at radius 3 is 2.43 bits per heavy atom. The van der Waals surface area contributed by atoms with Gasteiger partial charge in [-0.25, -0.2) is 4.79 Å². The average molecular weight is 530 g/mol. The van der Waals surface area contributed by atoms with Crippen LogP contribution in [0, 0.1) is 0 Å². The van der Waals surface area contributed by atoms with Crippen LogP contribution in [0.25, 0.3) is 10.9 Å². The van der Waals surface area contributed by atoms with Gasteiger partial charge in [0.15, 0.2) is 0 Å². The van der Waals surface area contributed by atoms with Crippen LogP contribution in [0.5, 0.6) is 11.5 Å². The van der Waals surface area contributed by atoms with E-state index in [1.54, 1.807) is 29.2 Å². The Balaban J connectivity index is 1.51. The summed E-state index contributed by atoms with van der Waals surface area (Å²) >= 11 is 18.0. The molecular formula is C27H23Cl3N2O3. The number of aromatic amines is 1. The Morgan fingerprint density at radius 2 is 1.69 bits per heavy atom. The first-order valence-corrected chi connectivity index (χ1v) is 12.7. The molecule has 1 aromatic heterocycles. The number of H-pyrrole nitrogens is 1. The quantitative estimate of drug-likeness (QED) is 0.206. The third-order valence-corrected chi connectivity index (χ3v) is 6.84. The SMILES string of the molecule is O=C(Oc1ccc(Cl)cc1)N1CCc2c([nH]c3ccc(Cl)cc23)C1c1ccc(OCCCCl)cc1. The zero-order valence-corrected chi connectivity index (χ0v) is 21.0. The number of rotatable bonds is 6. The minimum atomic E-state index is -0.429. The number of hydrogen-bond donors (Lipinski definition) is 1. The fraction of sp³-hybridized carbons (Fsp3) is 0.222. The van der Waals surface area contributed by atoms with Crippen LogP contribution in [0.1, 0.15) is 29.3 Å². The van der Waals surface area contributed by atoms with Crippen molar-refractivity contribution in [3.63, 3.8) is 0 Å². The molecule has 0 bridgehead atoms. The lowest BCUT2D eigenvalue weighted by molar-refractivity contribution is 0.135. The molecule has 0 saturated carbocycles. The van der Waals surface area contributed by atoms with Crippen molar-refractivity contribution in [3.8, 4) is 11.5 Å². The second-order valence-electron chi connectivity index (χ2n) is 8.33. The summed E-state index contributed by atoms with van der Waals surface area (Å²) in [4.78, 5) is 18.6. The number of aromatic nitrogens is 1. The van der Waals surface area contributed by atoms with Crippen molar-refractivity contribution in [2.75, 3.05) is 19.0 Å². The Kier molecular flexibility index (Phi) is 7.09. The highest BCUT2D eigenvalue weighted by molar-refractivity contribution is 6.31. The highest BCUT2D eigenvalue weighted by Gasteiger charge is 2.35. The minimum absolute atomic E-state index is 0.360. The van der Waals surface area contributed by atoms with E-state index < -0.39 is 6.09 Å². The number of amides is 1. The molecule has 1 amide bonds. The topological polar surface area (TPSA) is 54.6 Å². The van der Waals surface area contributed by atoms with Gasteiger partial charge in [0.05, 0.1) is 6.61 Å². The van der Waals surface area contributed by atoms with E-state index in [4.69, 9.17) is 44.3 Å². The second-order valence-corrected chi connectivity index (χ2v) is 9.59.